The number of amides is 2. The molecule has 8 nitrogen and oxygen atoms in total. The maximum Gasteiger partial charge on any atom is 0.264 e. The lowest BCUT2D eigenvalue weighted by molar-refractivity contribution is -0.140. The molecule has 36 heavy (non-hydrogen) atoms. The minimum absolute atomic E-state index is 0.0570. The van der Waals surface area contributed by atoms with Gasteiger partial charge < -0.3 is 15.0 Å². The van der Waals surface area contributed by atoms with Gasteiger partial charge in [0.05, 0.1) is 17.7 Å². The number of likely N-dealkylation sites (N-methyl/N-ethyl adjacent to an activating group) is 1. The van der Waals surface area contributed by atoms with Crippen molar-refractivity contribution in [3.8, 4) is 5.75 Å². The zero-order valence-corrected chi connectivity index (χ0v) is 21.4. The first-order valence-corrected chi connectivity index (χ1v) is 13.0. The van der Waals surface area contributed by atoms with Gasteiger partial charge in [0.25, 0.3) is 10.0 Å². The summed E-state index contributed by atoms with van der Waals surface area (Å²) >= 11 is 0. The van der Waals surface area contributed by atoms with Crippen LogP contribution in [-0.4, -0.2) is 51.9 Å². The number of methoxy groups -OCH3 is 1. The topological polar surface area (TPSA) is 96.0 Å². The maximum atomic E-state index is 13.8. The van der Waals surface area contributed by atoms with Crippen LogP contribution in [-0.2, 0) is 26.2 Å². The van der Waals surface area contributed by atoms with Crippen LogP contribution in [0.4, 0.5) is 5.69 Å². The number of hydrogen-bond donors (Lipinski definition) is 1. The smallest absolute Gasteiger partial charge is 0.264 e. The monoisotopic (exact) mass is 509 g/mol. The quantitative estimate of drug-likeness (QED) is 0.427. The van der Waals surface area contributed by atoms with Crippen LogP contribution in [0.2, 0.25) is 0 Å². The van der Waals surface area contributed by atoms with Crippen molar-refractivity contribution in [1.29, 1.82) is 0 Å². The molecule has 3 aromatic rings. The van der Waals surface area contributed by atoms with Gasteiger partial charge in [0, 0.05) is 13.6 Å². The molecule has 0 unspecified atom stereocenters. The molecule has 0 heterocycles. The fourth-order valence-corrected chi connectivity index (χ4v) is 5.30. The molecule has 0 bridgehead atoms. The number of carbonyl (C=O) groups is 2. The summed E-state index contributed by atoms with van der Waals surface area (Å²) in [4.78, 5) is 27.9. The largest absolute Gasteiger partial charge is 0.497 e. The number of nitrogens with zero attached hydrogens (tertiary/aromatic N) is 2. The van der Waals surface area contributed by atoms with E-state index >= 15 is 0 Å². The number of rotatable bonds is 11. The number of carbonyl (C=O) groups excluding carboxylic acids is 2. The van der Waals surface area contributed by atoms with Crippen molar-refractivity contribution in [3.63, 3.8) is 0 Å². The zero-order valence-electron chi connectivity index (χ0n) is 20.6. The minimum atomic E-state index is -4.09. The molecule has 0 aromatic heterocycles. The molecular formula is C27H31N3O5S. The number of nitrogens with one attached hydrogen (secondary N) is 1. The standard InChI is InChI=1S/C27H31N3O5S/c1-4-25(27(32)28-2)29(19-21-11-7-5-8-12-21)26(31)20-30(22-15-17-23(35-3)18-16-22)36(33,34)24-13-9-6-10-14-24/h5-18,25H,4,19-20H2,1-3H3,(H,28,32)/t25-/m1/s1. The van der Waals surface area contributed by atoms with E-state index in [4.69, 9.17) is 4.74 Å². The summed E-state index contributed by atoms with van der Waals surface area (Å²) in [7, 11) is -1.06. The molecule has 190 valence electrons. The Morgan fingerprint density at radius 2 is 1.50 bits per heavy atom. The highest BCUT2D eigenvalue weighted by Gasteiger charge is 2.33. The molecule has 0 fully saturated rings. The molecule has 0 saturated heterocycles. The lowest BCUT2D eigenvalue weighted by Crippen LogP contribution is -2.51. The molecule has 3 rings (SSSR count). The summed E-state index contributed by atoms with van der Waals surface area (Å²) in [5.74, 6) is -0.258. The highest BCUT2D eigenvalue weighted by Crippen LogP contribution is 2.26. The molecule has 3 aromatic carbocycles. The number of benzene rings is 3. The van der Waals surface area contributed by atoms with Crippen molar-refractivity contribution in [2.45, 2.75) is 30.8 Å². The fourth-order valence-electron chi connectivity index (χ4n) is 3.86. The van der Waals surface area contributed by atoms with Crippen LogP contribution >= 0.6 is 0 Å². The van der Waals surface area contributed by atoms with E-state index in [9.17, 15) is 18.0 Å². The Morgan fingerprint density at radius 1 is 0.917 bits per heavy atom. The van der Waals surface area contributed by atoms with Gasteiger partial charge in [-0.3, -0.25) is 13.9 Å². The Hall–Kier alpha value is -3.85. The average molecular weight is 510 g/mol. The summed E-state index contributed by atoms with van der Waals surface area (Å²) in [6.07, 6.45) is 0.367. The minimum Gasteiger partial charge on any atom is -0.497 e. The van der Waals surface area contributed by atoms with E-state index in [2.05, 4.69) is 5.32 Å². The van der Waals surface area contributed by atoms with Crippen molar-refractivity contribution in [3.05, 3.63) is 90.5 Å². The van der Waals surface area contributed by atoms with Gasteiger partial charge in [0.2, 0.25) is 11.8 Å². The predicted octanol–water partition coefficient (Wildman–Crippen LogP) is 3.44. The third-order valence-electron chi connectivity index (χ3n) is 5.80. The first-order chi connectivity index (χ1) is 17.3. The van der Waals surface area contributed by atoms with E-state index in [1.165, 1.54) is 31.2 Å². The molecule has 0 aliphatic rings. The lowest BCUT2D eigenvalue weighted by Gasteiger charge is -2.33. The summed E-state index contributed by atoms with van der Waals surface area (Å²) in [5.41, 5.74) is 1.13. The summed E-state index contributed by atoms with van der Waals surface area (Å²) < 4.78 is 33.6. The average Bonchev–Trinajstić information content (AvgIpc) is 2.92. The first kappa shape index (κ1) is 26.7. The zero-order chi connectivity index (χ0) is 26.1. The van der Waals surface area contributed by atoms with Gasteiger partial charge in [-0.05, 0) is 48.4 Å². The molecule has 0 saturated carbocycles. The van der Waals surface area contributed by atoms with E-state index in [0.29, 0.717) is 17.9 Å². The van der Waals surface area contributed by atoms with E-state index in [1.54, 1.807) is 42.5 Å². The highest BCUT2D eigenvalue weighted by atomic mass is 32.2. The molecule has 1 atom stereocenters. The van der Waals surface area contributed by atoms with Crippen molar-refractivity contribution in [2.24, 2.45) is 0 Å². The molecular weight excluding hydrogens is 478 g/mol. The van der Waals surface area contributed by atoms with Crippen molar-refractivity contribution < 1.29 is 22.7 Å². The van der Waals surface area contributed by atoms with E-state index in [1.807, 2.05) is 37.3 Å². The molecule has 1 N–H and O–H groups in total. The van der Waals surface area contributed by atoms with Gasteiger partial charge in [-0.1, -0.05) is 55.5 Å². The molecule has 0 spiro atoms. The van der Waals surface area contributed by atoms with Crippen molar-refractivity contribution in [1.82, 2.24) is 10.2 Å². The third kappa shape index (κ3) is 6.23. The lowest BCUT2D eigenvalue weighted by atomic mass is 10.1. The number of anilines is 1. The third-order valence-corrected chi connectivity index (χ3v) is 7.59. The van der Waals surface area contributed by atoms with Gasteiger partial charge >= 0.3 is 0 Å². The summed E-state index contributed by atoms with van der Waals surface area (Å²) in [6.45, 7) is 1.49. The van der Waals surface area contributed by atoms with Crippen molar-refractivity contribution in [2.75, 3.05) is 25.0 Å². The van der Waals surface area contributed by atoms with Crippen LogP contribution in [0.15, 0.2) is 89.8 Å². The van der Waals surface area contributed by atoms with E-state index in [-0.39, 0.29) is 17.3 Å². The van der Waals surface area contributed by atoms with Gasteiger partial charge in [-0.15, -0.1) is 0 Å². The predicted molar refractivity (Wildman–Crippen MR) is 139 cm³/mol. The fraction of sp³-hybridized carbons (Fsp3) is 0.259. The maximum absolute atomic E-state index is 13.8. The first-order valence-electron chi connectivity index (χ1n) is 11.6. The Labute approximate surface area is 212 Å². The second-order valence-electron chi connectivity index (χ2n) is 8.07. The molecule has 9 heteroatoms. The SMILES string of the molecule is CC[C@H](C(=O)NC)N(Cc1ccccc1)C(=O)CN(c1ccc(OC)cc1)S(=O)(=O)c1ccccc1. The number of sulfonamides is 1. The van der Waals surface area contributed by atoms with Crippen LogP contribution in [0, 0.1) is 0 Å². The second-order valence-corrected chi connectivity index (χ2v) is 9.93. The highest BCUT2D eigenvalue weighted by molar-refractivity contribution is 7.92. The molecule has 2 amide bonds. The summed E-state index contributed by atoms with van der Waals surface area (Å²) in [6, 6.07) is 22.9. The molecule has 0 aliphatic carbocycles. The van der Waals surface area contributed by atoms with Crippen LogP contribution in [0.3, 0.4) is 0 Å². The Balaban J connectivity index is 2.04. The van der Waals surface area contributed by atoms with Gasteiger partial charge in [-0.25, -0.2) is 8.42 Å². The Bertz CT molecular complexity index is 1250. The number of ether oxygens (including phenoxy) is 1. The molecule has 0 radical (unpaired) electrons. The van der Waals surface area contributed by atoms with Crippen LogP contribution in [0.5, 0.6) is 5.75 Å². The molecule has 0 aliphatic heterocycles. The Kier molecular flexibility index (Phi) is 9.08. The van der Waals surface area contributed by atoms with E-state index in [0.717, 1.165) is 9.87 Å². The van der Waals surface area contributed by atoms with Crippen LogP contribution < -0.4 is 14.4 Å². The number of hydrogen-bond acceptors (Lipinski definition) is 5. The van der Waals surface area contributed by atoms with Crippen molar-refractivity contribution >= 4 is 27.5 Å². The van der Waals surface area contributed by atoms with Crippen LogP contribution in [0.1, 0.15) is 18.9 Å². The normalized spacial score (nSPS) is 11.9. The van der Waals surface area contributed by atoms with Crippen LogP contribution in [0.25, 0.3) is 0 Å². The van der Waals surface area contributed by atoms with E-state index < -0.39 is 28.5 Å². The summed E-state index contributed by atoms with van der Waals surface area (Å²) in [5, 5.41) is 2.61. The van der Waals surface area contributed by atoms with Gasteiger partial charge in [0.1, 0.15) is 18.3 Å². The Morgan fingerprint density at radius 3 is 2.03 bits per heavy atom. The van der Waals surface area contributed by atoms with Gasteiger partial charge in [-0.2, -0.15) is 0 Å². The second kappa shape index (κ2) is 12.2. The van der Waals surface area contributed by atoms with Gasteiger partial charge in [0.15, 0.2) is 0 Å².